The first-order chi connectivity index (χ1) is 8.20. The zero-order chi connectivity index (χ0) is 12.3. The molecule has 1 heterocycles. The standard InChI is InChI=1S/C10H10N4O3/c11-14-12-4-3-8(15)6-1-2-7-9(5-6)17-10(16)13-7/h1-2,5,8,15H,3-4H2,(H,13,16). The van der Waals surface area contributed by atoms with Crippen LogP contribution in [-0.2, 0) is 0 Å². The van der Waals surface area contributed by atoms with Gasteiger partial charge in [0.2, 0.25) is 0 Å². The van der Waals surface area contributed by atoms with Gasteiger partial charge in [0, 0.05) is 11.5 Å². The van der Waals surface area contributed by atoms with Gasteiger partial charge in [0.15, 0.2) is 5.58 Å². The van der Waals surface area contributed by atoms with E-state index in [2.05, 4.69) is 15.0 Å². The monoisotopic (exact) mass is 234 g/mol. The Bertz CT molecular complexity index is 624. The molecular formula is C10H10N4O3. The first-order valence-electron chi connectivity index (χ1n) is 5.02. The van der Waals surface area contributed by atoms with Gasteiger partial charge >= 0.3 is 5.76 Å². The Labute approximate surface area is 95.3 Å². The molecule has 88 valence electrons. The average Bonchev–Trinajstić information content (AvgIpc) is 2.68. The van der Waals surface area contributed by atoms with E-state index in [4.69, 9.17) is 9.95 Å². The largest absolute Gasteiger partial charge is 0.417 e. The summed E-state index contributed by atoms with van der Waals surface area (Å²) in [4.78, 5) is 16.1. The number of aromatic nitrogens is 1. The van der Waals surface area contributed by atoms with Crippen molar-refractivity contribution in [2.45, 2.75) is 12.5 Å². The molecule has 1 unspecified atom stereocenters. The van der Waals surface area contributed by atoms with Crippen molar-refractivity contribution in [1.29, 1.82) is 0 Å². The van der Waals surface area contributed by atoms with Crippen LogP contribution in [-0.4, -0.2) is 16.6 Å². The smallest absolute Gasteiger partial charge is 0.408 e. The second kappa shape index (κ2) is 4.73. The van der Waals surface area contributed by atoms with E-state index in [-0.39, 0.29) is 6.54 Å². The summed E-state index contributed by atoms with van der Waals surface area (Å²) < 4.78 is 4.88. The van der Waals surface area contributed by atoms with Crippen molar-refractivity contribution in [3.8, 4) is 0 Å². The van der Waals surface area contributed by atoms with E-state index in [1.807, 2.05) is 0 Å². The van der Waals surface area contributed by atoms with Crippen LogP contribution < -0.4 is 5.76 Å². The number of fused-ring (bicyclic) bond motifs is 1. The summed E-state index contributed by atoms with van der Waals surface area (Å²) in [7, 11) is 0. The molecule has 0 aliphatic rings. The van der Waals surface area contributed by atoms with Crippen molar-refractivity contribution in [3.63, 3.8) is 0 Å². The molecule has 0 aliphatic heterocycles. The molecule has 0 spiro atoms. The van der Waals surface area contributed by atoms with Crippen LogP contribution in [0.1, 0.15) is 18.1 Å². The van der Waals surface area contributed by atoms with E-state index in [1.54, 1.807) is 18.2 Å². The van der Waals surface area contributed by atoms with Gasteiger partial charge in [0.05, 0.1) is 11.6 Å². The molecule has 2 N–H and O–H groups in total. The number of hydrogen-bond acceptors (Lipinski definition) is 4. The Kier molecular flexibility index (Phi) is 3.13. The van der Waals surface area contributed by atoms with E-state index >= 15 is 0 Å². The van der Waals surface area contributed by atoms with Crippen LogP contribution in [0.15, 0.2) is 32.5 Å². The molecule has 0 aliphatic carbocycles. The van der Waals surface area contributed by atoms with E-state index in [1.165, 1.54) is 0 Å². The average molecular weight is 234 g/mol. The fourth-order valence-corrected chi connectivity index (χ4v) is 1.56. The zero-order valence-electron chi connectivity index (χ0n) is 8.83. The highest BCUT2D eigenvalue weighted by Crippen LogP contribution is 2.20. The number of oxazole rings is 1. The van der Waals surface area contributed by atoms with Crippen molar-refractivity contribution in [2.24, 2.45) is 5.11 Å². The van der Waals surface area contributed by atoms with E-state index in [0.717, 1.165) is 0 Å². The van der Waals surface area contributed by atoms with Gasteiger partial charge in [-0.1, -0.05) is 11.2 Å². The molecule has 1 aromatic carbocycles. The fraction of sp³-hybridized carbons (Fsp3) is 0.300. The molecule has 1 atom stereocenters. The molecule has 0 saturated heterocycles. The van der Waals surface area contributed by atoms with E-state index in [9.17, 15) is 9.90 Å². The van der Waals surface area contributed by atoms with Gasteiger partial charge in [-0.2, -0.15) is 0 Å². The quantitative estimate of drug-likeness (QED) is 0.477. The summed E-state index contributed by atoms with van der Waals surface area (Å²) in [6, 6.07) is 4.94. The number of nitrogens with zero attached hydrogens (tertiary/aromatic N) is 3. The van der Waals surface area contributed by atoms with Crippen LogP contribution >= 0.6 is 0 Å². The normalized spacial score (nSPS) is 12.3. The van der Waals surface area contributed by atoms with Crippen molar-refractivity contribution in [2.75, 3.05) is 6.54 Å². The lowest BCUT2D eigenvalue weighted by molar-refractivity contribution is 0.170. The minimum Gasteiger partial charge on any atom is -0.408 e. The summed E-state index contributed by atoms with van der Waals surface area (Å²) in [5.74, 6) is -0.527. The van der Waals surface area contributed by atoms with Gasteiger partial charge in [0.25, 0.3) is 0 Å². The maximum atomic E-state index is 10.9. The number of aliphatic hydroxyl groups excluding tert-OH is 1. The first kappa shape index (κ1) is 11.3. The SMILES string of the molecule is [N-]=[N+]=NCCC(O)c1ccc2[nH]c(=O)oc2c1. The number of H-pyrrole nitrogens is 1. The van der Waals surface area contributed by atoms with Crippen molar-refractivity contribution in [1.82, 2.24) is 4.98 Å². The van der Waals surface area contributed by atoms with Gasteiger partial charge in [0.1, 0.15) is 0 Å². The lowest BCUT2D eigenvalue weighted by atomic mass is 10.1. The second-order valence-electron chi connectivity index (χ2n) is 3.53. The zero-order valence-corrected chi connectivity index (χ0v) is 8.83. The molecular weight excluding hydrogens is 224 g/mol. The molecule has 0 bridgehead atoms. The van der Waals surface area contributed by atoms with E-state index in [0.29, 0.717) is 23.1 Å². The van der Waals surface area contributed by atoms with Gasteiger partial charge in [-0.25, -0.2) is 4.79 Å². The molecule has 17 heavy (non-hydrogen) atoms. The predicted octanol–water partition coefficient (Wildman–Crippen LogP) is 1.85. The van der Waals surface area contributed by atoms with Crippen LogP contribution in [0, 0.1) is 0 Å². The third-order valence-electron chi connectivity index (χ3n) is 2.40. The third-order valence-corrected chi connectivity index (χ3v) is 2.40. The second-order valence-corrected chi connectivity index (χ2v) is 3.53. The lowest BCUT2D eigenvalue weighted by Crippen LogP contribution is -1.98. The van der Waals surface area contributed by atoms with Gasteiger partial charge in [-0.15, -0.1) is 0 Å². The highest BCUT2D eigenvalue weighted by atomic mass is 16.4. The molecule has 0 amide bonds. The number of benzene rings is 1. The third kappa shape index (κ3) is 2.47. The van der Waals surface area contributed by atoms with Crippen molar-refractivity contribution in [3.05, 3.63) is 44.8 Å². The Hall–Kier alpha value is -2.24. The minimum absolute atomic E-state index is 0.215. The molecule has 2 rings (SSSR count). The number of nitrogens with one attached hydrogen (secondary N) is 1. The van der Waals surface area contributed by atoms with Crippen molar-refractivity contribution < 1.29 is 9.52 Å². The van der Waals surface area contributed by atoms with Crippen LogP contribution in [0.2, 0.25) is 0 Å². The number of rotatable bonds is 4. The highest BCUT2D eigenvalue weighted by Gasteiger charge is 2.09. The molecule has 0 radical (unpaired) electrons. The van der Waals surface area contributed by atoms with Gasteiger partial charge in [-0.3, -0.25) is 4.98 Å². The Morgan fingerprint density at radius 3 is 3.18 bits per heavy atom. The topological polar surface area (TPSA) is 115 Å². The van der Waals surface area contributed by atoms with Crippen molar-refractivity contribution >= 4 is 11.1 Å². The van der Waals surface area contributed by atoms with Crippen LogP contribution in [0.5, 0.6) is 0 Å². The Balaban J connectivity index is 2.22. The maximum Gasteiger partial charge on any atom is 0.417 e. The van der Waals surface area contributed by atoms with Crippen LogP contribution in [0.4, 0.5) is 0 Å². The molecule has 2 aromatic rings. The number of aromatic amines is 1. The van der Waals surface area contributed by atoms with Gasteiger partial charge in [-0.05, 0) is 29.6 Å². The molecule has 0 fully saturated rings. The van der Waals surface area contributed by atoms with Crippen LogP contribution in [0.3, 0.4) is 0 Å². The molecule has 1 aromatic heterocycles. The number of hydrogen-bond donors (Lipinski definition) is 2. The molecule has 0 saturated carbocycles. The predicted molar refractivity (Wildman–Crippen MR) is 60.4 cm³/mol. The lowest BCUT2D eigenvalue weighted by Gasteiger charge is -2.08. The van der Waals surface area contributed by atoms with Crippen LogP contribution in [0.25, 0.3) is 21.5 Å². The summed E-state index contributed by atoms with van der Waals surface area (Å²) >= 11 is 0. The summed E-state index contributed by atoms with van der Waals surface area (Å²) in [6.07, 6.45) is -0.422. The summed E-state index contributed by atoms with van der Waals surface area (Å²) in [5.41, 5.74) is 9.72. The maximum absolute atomic E-state index is 10.9. The summed E-state index contributed by atoms with van der Waals surface area (Å²) in [5, 5.41) is 13.1. The Morgan fingerprint density at radius 1 is 1.59 bits per heavy atom. The van der Waals surface area contributed by atoms with Gasteiger partial charge < -0.3 is 9.52 Å². The molecule has 7 nitrogen and oxygen atoms in total. The number of azide groups is 1. The Morgan fingerprint density at radius 2 is 2.41 bits per heavy atom. The first-order valence-corrected chi connectivity index (χ1v) is 5.02. The van der Waals surface area contributed by atoms with E-state index < -0.39 is 11.9 Å². The highest BCUT2D eigenvalue weighted by molar-refractivity contribution is 5.72. The molecule has 7 heteroatoms. The minimum atomic E-state index is -0.745. The number of aliphatic hydroxyl groups is 1. The summed E-state index contributed by atoms with van der Waals surface area (Å²) in [6.45, 7) is 0.215. The fourth-order valence-electron chi connectivity index (χ4n) is 1.56.